The number of anilines is 1. The number of piperidine rings is 1. The molecule has 2 atom stereocenters. The molecule has 1 aromatic carbocycles. The number of nitrogens with zero attached hydrogens (tertiary/aromatic N) is 3. The largest absolute Gasteiger partial charge is 0.454 e. The average molecular weight is 450 g/mol. The number of hydrogen-bond acceptors (Lipinski definition) is 6. The summed E-state index contributed by atoms with van der Waals surface area (Å²) in [5, 5.41) is 0. The molecule has 2 amide bonds. The molecule has 1 aromatic heterocycles. The number of pyridine rings is 1. The number of esters is 1. The molecule has 3 heterocycles. The molecule has 2 aromatic rings. The van der Waals surface area contributed by atoms with Gasteiger partial charge in [0, 0.05) is 55.8 Å². The summed E-state index contributed by atoms with van der Waals surface area (Å²) in [4.78, 5) is 57.4. The van der Waals surface area contributed by atoms with E-state index in [-0.39, 0.29) is 24.1 Å². The molecule has 0 saturated carbocycles. The first-order chi connectivity index (χ1) is 15.8. The second-order valence-electron chi connectivity index (χ2n) is 8.53. The van der Waals surface area contributed by atoms with Crippen LogP contribution in [0.2, 0.25) is 0 Å². The molecule has 4 rings (SSSR count). The molecule has 0 N–H and O–H groups in total. The van der Waals surface area contributed by atoms with Crippen molar-refractivity contribution in [3.05, 3.63) is 59.4 Å². The third kappa shape index (κ3) is 4.79. The number of likely N-dealkylation sites (tertiary alicyclic amines) is 1. The molecule has 8 nitrogen and oxygen atoms in total. The average Bonchev–Trinajstić information content (AvgIpc) is 3.27. The first-order valence-electron chi connectivity index (χ1n) is 11.2. The van der Waals surface area contributed by atoms with Crippen molar-refractivity contribution in [1.29, 1.82) is 0 Å². The quantitative estimate of drug-likeness (QED) is 0.514. The van der Waals surface area contributed by atoms with Crippen molar-refractivity contribution < 1.29 is 23.9 Å². The molecule has 8 heteroatoms. The summed E-state index contributed by atoms with van der Waals surface area (Å²) in [6.07, 6.45) is 4.18. The molecule has 0 aliphatic carbocycles. The van der Waals surface area contributed by atoms with Gasteiger partial charge in [0.2, 0.25) is 11.7 Å². The summed E-state index contributed by atoms with van der Waals surface area (Å²) in [6, 6.07) is 8.52. The zero-order chi connectivity index (χ0) is 23.5. The zero-order valence-corrected chi connectivity index (χ0v) is 18.8. The van der Waals surface area contributed by atoms with Crippen molar-refractivity contribution in [3.63, 3.8) is 0 Å². The molecule has 1 saturated heterocycles. The summed E-state index contributed by atoms with van der Waals surface area (Å²) < 4.78 is 5.52. The van der Waals surface area contributed by atoms with Crippen LogP contribution < -0.4 is 4.90 Å². The van der Waals surface area contributed by atoms with Crippen LogP contribution in [0.1, 0.15) is 53.0 Å². The summed E-state index contributed by atoms with van der Waals surface area (Å²) in [7, 11) is 0. The Kier molecular flexibility index (Phi) is 6.53. The van der Waals surface area contributed by atoms with Crippen molar-refractivity contribution in [2.75, 3.05) is 24.5 Å². The van der Waals surface area contributed by atoms with E-state index in [0.29, 0.717) is 43.5 Å². The van der Waals surface area contributed by atoms with Gasteiger partial charge in [-0.1, -0.05) is 0 Å². The molecule has 2 aliphatic rings. The minimum Gasteiger partial charge on any atom is -0.454 e. The molecular formula is C25H27N3O5. The Labute approximate surface area is 192 Å². The van der Waals surface area contributed by atoms with Crippen molar-refractivity contribution in [2.24, 2.45) is 5.92 Å². The fraction of sp³-hybridized carbons (Fsp3) is 0.400. The highest BCUT2D eigenvalue weighted by Crippen LogP contribution is 2.29. The first-order valence-corrected chi connectivity index (χ1v) is 11.2. The Morgan fingerprint density at radius 2 is 1.82 bits per heavy atom. The summed E-state index contributed by atoms with van der Waals surface area (Å²) in [5.74, 6) is -1.39. The Bertz CT molecular complexity index is 1080. The van der Waals surface area contributed by atoms with E-state index >= 15 is 0 Å². The molecule has 0 spiro atoms. The second-order valence-corrected chi connectivity index (χ2v) is 8.53. The molecule has 33 heavy (non-hydrogen) atoms. The van der Waals surface area contributed by atoms with E-state index in [0.717, 1.165) is 11.3 Å². The minimum absolute atomic E-state index is 0.0286. The SMILES string of the molecule is CC(=O)N1CCc2cc(C(=O)[C@@H](C)OC(=O)[C@@H]3CCCN(C(=O)c4ccncc4)C3)ccc21. The number of rotatable bonds is 5. The molecule has 2 aliphatic heterocycles. The van der Waals surface area contributed by atoms with Crippen LogP contribution in [0.5, 0.6) is 0 Å². The molecular weight excluding hydrogens is 422 g/mol. The monoisotopic (exact) mass is 449 g/mol. The number of ketones is 1. The Hall–Kier alpha value is -3.55. The lowest BCUT2D eigenvalue weighted by Crippen LogP contribution is -2.43. The maximum Gasteiger partial charge on any atom is 0.311 e. The van der Waals surface area contributed by atoms with E-state index in [1.807, 2.05) is 0 Å². The van der Waals surface area contributed by atoms with E-state index in [1.54, 1.807) is 59.4 Å². The van der Waals surface area contributed by atoms with E-state index in [4.69, 9.17) is 4.74 Å². The first kappa shape index (κ1) is 22.6. The van der Waals surface area contributed by atoms with Crippen LogP contribution in [0.25, 0.3) is 0 Å². The summed E-state index contributed by atoms with van der Waals surface area (Å²) in [6.45, 7) is 4.53. The lowest BCUT2D eigenvalue weighted by atomic mass is 9.97. The van der Waals surface area contributed by atoms with Gasteiger partial charge in [-0.2, -0.15) is 0 Å². The number of carbonyl (C=O) groups excluding carboxylic acids is 4. The number of hydrogen-bond donors (Lipinski definition) is 0. The summed E-state index contributed by atoms with van der Waals surface area (Å²) >= 11 is 0. The number of amides is 2. The number of fused-ring (bicyclic) bond motifs is 1. The number of Topliss-reactive ketones (excluding diaryl/α,β-unsaturated/α-hetero) is 1. The van der Waals surface area contributed by atoms with Crippen molar-refractivity contribution in [1.82, 2.24) is 9.88 Å². The maximum atomic E-state index is 12.9. The van der Waals surface area contributed by atoms with Crippen LogP contribution in [0.15, 0.2) is 42.7 Å². The van der Waals surface area contributed by atoms with Gasteiger partial charge in [-0.3, -0.25) is 24.2 Å². The highest BCUT2D eigenvalue weighted by molar-refractivity contribution is 6.02. The van der Waals surface area contributed by atoms with Gasteiger partial charge in [0.05, 0.1) is 5.92 Å². The van der Waals surface area contributed by atoms with Crippen molar-refractivity contribution >= 4 is 29.3 Å². The lowest BCUT2D eigenvalue weighted by Gasteiger charge is -2.32. The van der Waals surface area contributed by atoms with Gasteiger partial charge in [-0.05, 0) is 62.1 Å². The second kappa shape index (κ2) is 9.52. The number of carbonyl (C=O) groups is 4. The lowest BCUT2D eigenvalue weighted by molar-refractivity contribution is -0.152. The predicted octanol–water partition coefficient (Wildman–Crippen LogP) is 2.66. The minimum atomic E-state index is -0.938. The number of ether oxygens (including phenoxy) is 1. The normalized spacial score (nSPS) is 18.4. The fourth-order valence-corrected chi connectivity index (χ4v) is 4.47. The van der Waals surface area contributed by atoms with Crippen molar-refractivity contribution in [3.8, 4) is 0 Å². The molecule has 172 valence electrons. The zero-order valence-electron chi connectivity index (χ0n) is 18.8. The maximum absolute atomic E-state index is 12.9. The Balaban J connectivity index is 1.37. The predicted molar refractivity (Wildman–Crippen MR) is 121 cm³/mol. The van der Waals surface area contributed by atoms with E-state index in [9.17, 15) is 19.2 Å². The third-order valence-corrected chi connectivity index (χ3v) is 6.27. The molecule has 0 radical (unpaired) electrons. The standard InChI is InChI=1S/C25H27N3O5/c1-16(23(30)20-5-6-22-19(14-20)9-13-28(22)17(2)29)33-25(32)21-4-3-12-27(15-21)24(31)18-7-10-26-11-8-18/h5-8,10-11,14,16,21H,3-4,9,12-13,15H2,1-2H3/t16-,21-/m1/s1. The van der Waals surface area contributed by atoms with Crippen LogP contribution in [0, 0.1) is 5.92 Å². The van der Waals surface area contributed by atoms with E-state index < -0.39 is 18.0 Å². The fourth-order valence-electron chi connectivity index (χ4n) is 4.47. The van der Waals surface area contributed by atoms with Gasteiger partial charge in [0.15, 0.2) is 6.10 Å². The number of benzene rings is 1. The van der Waals surface area contributed by atoms with Gasteiger partial charge in [0.1, 0.15) is 0 Å². The third-order valence-electron chi connectivity index (χ3n) is 6.27. The van der Waals surface area contributed by atoms with Gasteiger partial charge in [-0.15, -0.1) is 0 Å². The van der Waals surface area contributed by atoms with Crippen molar-refractivity contribution in [2.45, 2.75) is 39.2 Å². The highest BCUT2D eigenvalue weighted by atomic mass is 16.5. The van der Waals surface area contributed by atoms with Crippen LogP contribution in [0.4, 0.5) is 5.69 Å². The van der Waals surface area contributed by atoms with Crippen LogP contribution in [-0.2, 0) is 20.7 Å². The molecule has 0 unspecified atom stereocenters. The van der Waals surface area contributed by atoms with Crippen LogP contribution in [-0.4, -0.2) is 59.2 Å². The Morgan fingerprint density at radius 1 is 1.06 bits per heavy atom. The number of aromatic nitrogens is 1. The topological polar surface area (TPSA) is 96.9 Å². The summed E-state index contributed by atoms with van der Waals surface area (Å²) in [5.41, 5.74) is 2.75. The van der Waals surface area contributed by atoms with E-state index in [1.165, 1.54) is 6.92 Å². The van der Waals surface area contributed by atoms with Gasteiger partial charge >= 0.3 is 5.97 Å². The smallest absolute Gasteiger partial charge is 0.311 e. The van der Waals surface area contributed by atoms with Gasteiger partial charge in [-0.25, -0.2) is 0 Å². The van der Waals surface area contributed by atoms with Gasteiger partial charge in [0.25, 0.3) is 5.91 Å². The molecule has 1 fully saturated rings. The highest BCUT2D eigenvalue weighted by Gasteiger charge is 2.32. The Morgan fingerprint density at radius 3 is 2.55 bits per heavy atom. The van der Waals surface area contributed by atoms with Crippen LogP contribution >= 0.6 is 0 Å². The van der Waals surface area contributed by atoms with Crippen LogP contribution in [0.3, 0.4) is 0 Å². The van der Waals surface area contributed by atoms with Gasteiger partial charge < -0.3 is 14.5 Å². The van der Waals surface area contributed by atoms with E-state index in [2.05, 4.69) is 4.98 Å². The molecule has 0 bridgehead atoms.